The predicted molar refractivity (Wildman–Crippen MR) is 250 cm³/mol. The summed E-state index contributed by atoms with van der Waals surface area (Å²) in [5.41, 5.74) is 21.5. The Morgan fingerprint density at radius 2 is 0.678 bits per heavy atom. The molecule has 0 aliphatic heterocycles. The molecule has 0 aromatic heterocycles. The molecular formula is C58H45N. The molecule has 0 spiro atoms. The first-order valence-corrected chi connectivity index (χ1v) is 20.8. The van der Waals surface area contributed by atoms with Crippen LogP contribution in [0.4, 0.5) is 17.1 Å². The van der Waals surface area contributed by atoms with Crippen LogP contribution in [-0.2, 0) is 10.8 Å². The third-order valence-corrected chi connectivity index (χ3v) is 13.3. The molecule has 2 aliphatic carbocycles. The second-order valence-corrected chi connectivity index (χ2v) is 17.4. The van der Waals surface area contributed by atoms with Gasteiger partial charge in [0, 0.05) is 27.9 Å². The molecule has 1 nitrogen and oxygen atoms in total. The topological polar surface area (TPSA) is 3.24 Å². The molecule has 0 heterocycles. The minimum Gasteiger partial charge on any atom is -0.310 e. The molecule has 11 rings (SSSR count). The van der Waals surface area contributed by atoms with Crippen molar-refractivity contribution in [3.05, 3.63) is 222 Å². The lowest BCUT2D eigenvalue weighted by Crippen LogP contribution is -2.16. The zero-order valence-corrected chi connectivity index (χ0v) is 34.0. The lowest BCUT2D eigenvalue weighted by Gasteiger charge is -2.28. The first-order chi connectivity index (χ1) is 28.7. The summed E-state index contributed by atoms with van der Waals surface area (Å²) in [5.74, 6) is 0. The Kier molecular flexibility index (Phi) is 7.94. The van der Waals surface area contributed by atoms with E-state index in [9.17, 15) is 0 Å². The van der Waals surface area contributed by atoms with Crippen molar-refractivity contribution in [2.24, 2.45) is 0 Å². The third-order valence-electron chi connectivity index (χ3n) is 13.3. The lowest BCUT2D eigenvalue weighted by atomic mass is 9.81. The summed E-state index contributed by atoms with van der Waals surface area (Å²) >= 11 is 0. The smallest absolute Gasteiger partial charge is 0.0465 e. The van der Waals surface area contributed by atoms with Crippen LogP contribution in [0.3, 0.4) is 0 Å². The van der Waals surface area contributed by atoms with Crippen molar-refractivity contribution >= 4 is 27.8 Å². The average molecular weight is 756 g/mol. The monoisotopic (exact) mass is 755 g/mol. The molecule has 0 saturated heterocycles. The van der Waals surface area contributed by atoms with Crippen LogP contribution < -0.4 is 4.90 Å². The molecule has 0 amide bonds. The fourth-order valence-electron chi connectivity index (χ4n) is 9.98. The molecule has 9 aromatic carbocycles. The zero-order valence-electron chi connectivity index (χ0n) is 34.0. The normalized spacial score (nSPS) is 14.0. The highest BCUT2D eigenvalue weighted by atomic mass is 15.1. The van der Waals surface area contributed by atoms with Crippen molar-refractivity contribution < 1.29 is 0 Å². The number of benzene rings is 9. The Morgan fingerprint density at radius 3 is 1.32 bits per heavy atom. The number of hydrogen-bond acceptors (Lipinski definition) is 1. The van der Waals surface area contributed by atoms with Crippen LogP contribution in [0, 0.1) is 0 Å². The van der Waals surface area contributed by atoms with Gasteiger partial charge in [-0.2, -0.15) is 0 Å². The van der Waals surface area contributed by atoms with Gasteiger partial charge in [0.05, 0.1) is 0 Å². The highest BCUT2D eigenvalue weighted by molar-refractivity contribution is 5.90. The van der Waals surface area contributed by atoms with E-state index in [1.54, 1.807) is 0 Å². The first kappa shape index (κ1) is 35.2. The van der Waals surface area contributed by atoms with Crippen LogP contribution in [0.5, 0.6) is 0 Å². The average Bonchev–Trinajstić information content (AvgIpc) is 3.65. The Hall–Kier alpha value is -6.96. The molecule has 9 aromatic rings. The summed E-state index contributed by atoms with van der Waals surface area (Å²) in [6.45, 7) is 9.46. The molecule has 0 atom stereocenters. The van der Waals surface area contributed by atoms with E-state index >= 15 is 0 Å². The SMILES string of the molecule is CC1(C)c2ccccc2-c2ccc(-c3ccc(N(c4ccccc4)c4ccc5c(c4)C(C)(C)c4cc(-c6ccc(-c7ccc8ccccc8c7)cc6)ccc4-5)cc3)cc21. The fourth-order valence-corrected chi connectivity index (χ4v) is 9.98. The van der Waals surface area contributed by atoms with Gasteiger partial charge in [0.1, 0.15) is 0 Å². The molecule has 0 bridgehead atoms. The minimum absolute atomic E-state index is 0.0287. The number of nitrogens with zero attached hydrogens (tertiary/aromatic N) is 1. The van der Waals surface area contributed by atoms with Crippen molar-refractivity contribution in [1.82, 2.24) is 0 Å². The van der Waals surface area contributed by atoms with E-state index in [4.69, 9.17) is 0 Å². The van der Waals surface area contributed by atoms with E-state index in [0.717, 1.165) is 17.1 Å². The van der Waals surface area contributed by atoms with Crippen molar-refractivity contribution in [2.75, 3.05) is 4.90 Å². The van der Waals surface area contributed by atoms with Gasteiger partial charge < -0.3 is 4.90 Å². The molecule has 0 radical (unpaired) electrons. The van der Waals surface area contributed by atoms with E-state index in [-0.39, 0.29) is 10.8 Å². The van der Waals surface area contributed by atoms with Crippen molar-refractivity contribution in [2.45, 2.75) is 38.5 Å². The number of anilines is 3. The highest BCUT2D eigenvalue weighted by Gasteiger charge is 2.37. The molecule has 0 saturated carbocycles. The molecule has 59 heavy (non-hydrogen) atoms. The van der Waals surface area contributed by atoms with Gasteiger partial charge in [0.2, 0.25) is 0 Å². The van der Waals surface area contributed by atoms with Crippen LogP contribution >= 0.6 is 0 Å². The maximum absolute atomic E-state index is 2.43. The number of hydrogen-bond donors (Lipinski definition) is 0. The van der Waals surface area contributed by atoms with Crippen LogP contribution in [0.1, 0.15) is 49.9 Å². The largest absolute Gasteiger partial charge is 0.310 e. The molecule has 0 fully saturated rings. The number of rotatable bonds is 6. The van der Waals surface area contributed by atoms with Crippen LogP contribution in [0.15, 0.2) is 200 Å². The fraction of sp³-hybridized carbons (Fsp3) is 0.103. The second-order valence-electron chi connectivity index (χ2n) is 17.4. The van der Waals surface area contributed by atoms with Gasteiger partial charge in [0.25, 0.3) is 0 Å². The summed E-state index contributed by atoms with van der Waals surface area (Å²) in [7, 11) is 0. The molecule has 282 valence electrons. The Morgan fingerprint density at radius 1 is 0.271 bits per heavy atom. The Labute approximate surface area is 347 Å². The van der Waals surface area contributed by atoms with Gasteiger partial charge >= 0.3 is 0 Å². The maximum atomic E-state index is 2.43. The minimum atomic E-state index is -0.172. The standard InChI is InChI=1S/C58H45N/c1-57(2)53-17-11-10-16-49(53)50-31-26-45(35-54(50)57)41-24-28-47(29-25-41)59(46-14-6-5-7-15-46)48-30-33-52-51-32-27-44(36-55(51)58(3,4)56(52)37-48)40-20-18-39(19-21-40)43-23-22-38-12-8-9-13-42(38)34-43/h5-37H,1-4H3. The summed E-state index contributed by atoms with van der Waals surface area (Å²) < 4.78 is 0. The molecule has 0 N–H and O–H groups in total. The van der Waals surface area contributed by atoms with Gasteiger partial charge in [-0.15, -0.1) is 0 Å². The molecule has 0 unspecified atom stereocenters. The van der Waals surface area contributed by atoms with Gasteiger partial charge in [-0.3, -0.25) is 0 Å². The highest BCUT2D eigenvalue weighted by Crippen LogP contribution is 2.52. The maximum Gasteiger partial charge on any atom is 0.0465 e. The van der Waals surface area contributed by atoms with Crippen molar-refractivity contribution in [3.63, 3.8) is 0 Å². The van der Waals surface area contributed by atoms with Gasteiger partial charge in [-0.05, 0) is 143 Å². The molecular weight excluding hydrogens is 711 g/mol. The number of fused-ring (bicyclic) bond motifs is 7. The third kappa shape index (κ3) is 5.68. The van der Waals surface area contributed by atoms with E-state index in [0.29, 0.717) is 0 Å². The summed E-state index contributed by atoms with van der Waals surface area (Å²) in [5, 5.41) is 2.54. The van der Waals surface area contributed by atoms with E-state index in [1.165, 1.54) is 88.7 Å². The van der Waals surface area contributed by atoms with Crippen LogP contribution in [0.25, 0.3) is 66.4 Å². The molecule has 1 heteroatoms. The Bertz CT molecular complexity index is 3080. The van der Waals surface area contributed by atoms with Crippen molar-refractivity contribution in [1.29, 1.82) is 0 Å². The predicted octanol–water partition coefficient (Wildman–Crippen LogP) is 15.9. The van der Waals surface area contributed by atoms with E-state index in [2.05, 4.69) is 233 Å². The second kappa shape index (κ2) is 13.3. The van der Waals surface area contributed by atoms with Gasteiger partial charge in [-0.1, -0.05) is 173 Å². The zero-order chi connectivity index (χ0) is 39.9. The Balaban J connectivity index is 0.908. The van der Waals surface area contributed by atoms with E-state index in [1.807, 2.05) is 0 Å². The first-order valence-electron chi connectivity index (χ1n) is 20.8. The molecule has 2 aliphatic rings. The summed E-state index contributed by atoms with van der Waals surface area (Å²) in [6, 6.07) is 74.2. The van der Waals surface area contributed by atoms with E-state index < -0.39 is 0 Å². The summed E-state index contributed by atoms with van der Waals surface area (Å²) in [6.07, 6.45) is 0. The van der Waals surface area contributed by atoms with Crippen LogP contribution in [0.2, 0.25) is 0 Å². The van der Waals surface area contributed by atoms with Crippen LogP contribution in [-0.4, -0.2) is 0 Å². The summed E-state index contributed by atoms with van der Waals surface area (Å²) in [4.78, 5) is 2.40. The lowest BCUT2D eigenvalue weighted by molar-refractivity contribution is 0.660. The number of para-hydroxylation sites is 1. The quantitative estimate of drug-likeness (QED) is 0.163. The van der Waals surface area contributed by atoms with Gasteiger partial charge in [0.15, 0.2) is 0 Å². The van der Waals surface area contributed by atoms with Crippen molar-refractivity contribution in [3.8, 4) is 55.6 Å². The van der Waals surface area contributed by atoms with Gasteiger partial charge in [-0.25, -0.2) is 0 Å².